The molecular weight excluding hydrogens is 264 g/mol. The van der Waals surface area contributed by atoms with Crippen molar-refractivity contribution in [1.82, 2.24) is 5.32 Å². The summed E-state index contributed by atoms with van der Waals surface area (Å²) in [5.41, 5.74) is 5.26. The highest BCUT2D eigenvalue weighted by molar-refractivity contribution is 7.98. The Labute approximate surface area is 117 Å². The Morgan fingerprint density at radius 1 is 1.53 bits per heavy atom. The van der Waals surface area contributed by atoms with Gasteiger partial charge in [0.25, 0.3) is 5.91 Å². The predicted molar refractivity (Wildman–Crippen MR) is 78.4 cm³/mol. The van der Waals surface area contributed by atoms with Crippen molar-refractivity contribution in [1.29, 1.82) is 0 Å². The largest absolute Gasteiger partial charge is 0.482 e. The van der Waals surface area contributed by atoms with Gasteiger partial charge in [0.05, 0.1) is 11.3 Å². The van der Waals surface area contributed by atoms with E-state index in [1.807, 2.05) is 6.26 Å². The van der Waals surface area contributed by atoms with Crippen molar-refractivity contribution < 1.29 is 14.6 Å². The highest BCUT2D eigenvalue weighted by Crippen LogP contribution is 2.19. The summed E-state index contributed by atoms with van der Waals surface area (Å²) in [6.07, 6.45) is 1.90. The van der Waals surface area contributed by atoms with E-state index in [1.165, 1.54) is 11.8 Å². The third kappa shape index (κ3) is 5.85. The van der Waals surface area contributed by atoms with Gasteiger partial charge in [0.15, 0.2) is 6.61 Å². The normalized spacial score (nSPS) is 13.6. The molecule has 0 bridgehead atoms. The fourth-order valence-corrected chi connectivity index (χ4v) is 2.18. The van der Waals surface area contributed by atoms with Crippen LogP contribution in [0.5, 0.6) is 5.75 Å². The maximum absolute atomic E-state index is 11.6. The standard InChI is InChI=1S/C13H20N2O3S/c1-13(17,9-19-2)8-15-12(16)7-18-11-6-4-3-5-10(11)14/h3-6,17H,7-9,14H2,1-2H3,(H,15,16). The molecule has 106 valence electrons. The quantitative estimate of drug-likeness (QED) is 0.647. The first kappa shape index (κ1) is 15.7. The first-order chi connectivity index (χ1) is 8.94. The van der Waals surface area contributed by atoms with E-state index in [2.05, 4.69) is 5.32 Å². The second-order valence-corrected chi connectivity index (χ2v) is 5.40. The van der Waals surface area contributed by atoms with Gasteiger partial charge in [-0.1, -0.05) is 12.1 Å². The molecule has 1 atom stereocenters. The average Bonchev–Trinajstić information content (AvgIpc) is 2.35. The molecule has 0 aliphatic heterocycles. The third-order valence-electron chi connectivity index (χ3n) is 2.40. The van der Waals surface area contributed by atoms with Crippen molar-refractivity contribution in [3.8, 4) is 5.75 Å². The zero-order valence-corrected chi connectivity index (χ0v) is 12.0. The number of para-hydroxylation sites is 2. The number of hydrogen-bond acceptors (Lipinski definition) is 5. The van der Waals surface area contributed by atoms with E-state index in [0.717, 1.165) is 0 Å². The second kappa shape index (κ2) is 7.25. The van der Waals surface area contributed by atoms with Crippen LogP contribution in [0.2, 0.25) is 0 Å². The molecule has 19 heavy (non-hydrogen) atoms. The van der Waals surface area contributed by atoms with Crippen molar-refractivity contribution in [3.05, 3.63) is 24.3 Å². The van der Waals surface area contributed by atoms with Crippen LogP contribution in [-0.4, -0.2) is 41.8 Å². The number of aliphatic hydroxyl groups is 1. The lowest BCUT2D eigenvalue weighted by atomic mass is 10.1. The molecule has 0 radical (unpaired) electrons. The van der Waals surface area contributed by atoms with Gasteiger partial charge < -0.3 is 20.9 Å². The molecular formula is C13H20N2O3S. The van der Waals surface area contributed by atoms with Gasteiger partial charge >= 0.3 is 0 Å². The number of carbonyl (C=O) groups is 1. The van der Waals surface area contributed by atoms with Gasteiger partial charge in [-0.15, -0.1) is 0 Å². The number of nitrogens with one attached hydrogen (secondary N) is 1. The van der Waals surface area contributed by atoms with E-state index in [9.17, 15) is 9.90 Å². The summed E-state index contributed by atoms with van der Waals surface area (Å²) in [4.78, 5) is 11.6. The monoisotopic (exact) mass is 284 g/mol. The van der Waals surface area contributed by atoms with Crippen LogP contribution >= 0.6 is 11.8 Å². The highest BCUT2D eigenvalue weighted by atomic mass is 32.2. The molecule has 0 aromatic heterocycles. The summed E-state index contributed by atoms with van der Waals surface area (Å²) in [5, 5.41) is 12.5. The van der Waals surface area contributed by atoms with Crippen molar-refractivity contribution in [3.63, 3.8) is 0 Å². The van der Waals surface area contributed by atoms with Gasteiger partial charge in [-0.3, -0.25) is 4.79 Å². The molecule has 4 N–H and O–H groups in total. The molecule has 6 heteroatoms. The fraction of sp³-hybridized carbons (Fsp3) is 0.462. The van der Waals surface area contributed by atoms with E-state index in [4.69, 9.17) is 10.5 Å². The van der Waals surface area contributed by atoms with Gasteiger partial charge in [-0.25, -0.2) is 0 Å². The summed E-state index contributed by atoms with van der Waals surface area (Å²) in [7, 11) is 0. The molecule has 0 saturated carbocycles. The lowest BCUT2D eigenvalue weighted by molar-refractivity contribution is -0.124. The molecule has 0 aliphatic rings. The van der Waals surface area contributed by atoms with E-state index in [-0.39, 0.29) is 19.1 Å². The number of amides is 1. The Morgan fingerprint density at radius 2 is 2.21 bits per heavy atom. The summed E-state index contributed by atoms with van der Waals surface area (Å²) in [5.74, 6) is 0.748. The minimum Gasteiger partial charge on any atom is -0.482 e. The topological polar surface area (TPSA) is 84.6 Å². The van der Waals surface area contributed by atoms with Crippen LogP contribution in [0.4, 0.5) is 5.69 Å². The summed E-state index contributed by atoms with van der Waals surface area (Å²) in [6.45, 7) is 1.75. The van der Waals surface area contributed by atoms with E-state index < -0.39 is 5.60 Å². The van der Waals surface area contributed by atoms with Gasteiger partial charge in [-0.05, 0) is 25.3 Å². The molecule has 1 amide bonds. The van der Waals surface area contributed by atoms with Gasteiger partial charge in [-0.2, -0.15) is 11.8 Å². The van der Waals surface area contributed by atoms with Crippen LogP contribution in [-0.2, 0) is 4.79 Å². The van der Waals surface area contributed by atoms with E-state index in [1.54, 1.807) is 31.2 Å². The fourth-order valence-electron chi connectivity index (χ4n) is 1.46. The first-order valence-electron chi connectivity index (χ1n) is 5.90. The Kier molecular flexibility index (Phi) is 5.98. The predicted octanol–water partition coefficient (Wildman–Crippen LogP) is 0.878. The minimum absolute atomic E-state index is 0.121. The van der Waals surface area contributed by atoms with Crippen LogP contribution in [0, 0.1) is 0 Å². The van der Waals surface area contributed by atoms with Crippen LogP contribution in [0.3, 0.4) is 0 Å². The Hall–Kier alpha value is -1.40. The Morgan fingerprint density at radius 3 is 2.84 bits per heavy atom. The van der Waals surface area contributed by atoms with Crippen LogP contribution in [0.25, 0.3) is 0 Å². The number of benzene rings is 1. The lowest BCUT2D eigenvalue weighted by Crippen LogP contribution is -2.43. The molecule has 0 spiro atoms. The van der Waals surface area contributed by atoms with Crippen molar-refractivity contribution >= 4 is 23.4 Å². The summed E-state index contributed by atoms with van der Waals surface area (Å²) < 4.78 is 5.30. The molecule has 1 aromatic rings. The number of hydrogen-bond donors (Lipinski definition) is 3. The molecule has 0 aliphatic carbocycles. The average molecular weight is 284 g/mol. The molecule has 0 fully saturated rings. The third-order valence-corrected chi connectivity index (χ3v) is 3.31. The molecule has 1 rings (SSSR count). The number of anilines is 1. The summed E-state index contributed by atoms with van der Waals surface area (Å²) in [6, 6.07) is 6.98. The number of thioether (sulfide) groups is 1. The van der Waals surface area contributed by atoms with Gasteiger partial charge in [0.2, 0.25) is 0 Å². The Bertz CT molecular complexity index is 424. The number of ether oxygens (including phenoxy) is 1. The van der Waals surface area contributed by atoms with Crippen LogP contribution in [0.15, 0.2) is 24.3 Å². The maximum atomic E-state index is 11.6. The van der Waals surface area contributed by atoms with Gasteiger partial charge in [0, 0.05) is 12.3 Å². The van der Waals surface area contributed by atoms with Crippen LogP contribution in [0.1, 0.15) is 6.92 Å². The molecule has 0 saturated heterocycles. The lowest BCUT2D eigenvalue weighted by Gasteiger charge is -2.22. The number of nitrogens with two attached hydrogens (primary N) is 1. The SMILES string of the molecule is CSCC(C)(O)CNC(=O)COc1ccccc1N. The molecule has 1 aromatic carbocycles. The minimum atomic E-state index is -0.916. The van der Waals surface area contributed by atoms with Crippen molar-refractivity contribution in [2.24, 2.45) is 0 Å². The number of nitrogen functional groups attached to an aromatic ring is 1. The van der Waals surface area contributed by atoms with Crippen LogP contribution < -0.4 is 15.8 Å². The zero-order chi connectivity index (χ0) is 14.3. The zero-order valence-electron chi connectivity index (χ0n) is 11.2. The smallest absolute Gasteiger partial charge is 0.258 e. The molecule has 1 unspecified atom stereocenters. The maximum Gasteiger partial charge on any atom is 0.258 e. The second-order valence-electron chi connectivity index (χ2n) is 4.53. The molecule has 0 heterocycles. The van der Waals surface area contributed by atoms with Gasteiger partial charge in [0.1, 0.15) is 5.75 Å². The highest BCUT2D eigenvalue weighted by Gasteiger charge is 2.20. The number of rotatable bonds is 7. The first-order valence-corrected chi connectivity index (χ1v) is 7.29. The van der Waals surface area contributed by atoms with E-state index in [0.29, 0.717) is 17.2 Å². The van der Waals surface area contributed by atoms with Crippen molar-refractivity contribution in [2.45, 2.75) is 12.5 Å². The Balaban J connectivity index is 2.35. The van der Waals surface area contributed by atoms with E-state index >= 15 is 0 Å². The number of carbonyl (C=O) groups excluding carboxylic acids is 1. The van der Waals surface area contributed by atoms with Crippen molar-refractivity contribution in [2.75, 3.05) is 30.9 Å². The molecule has 5 nitrogen and oxygen atoms in total. The summed E-state index contributed by atoms with van der Waals surface area (Å²) >= 11 is 1.52.